The van der Waals surface area contributed by atoms with E-state index < -0.39 is 24.2 Å². The number of anilines is 1. The fourth-order valence-electron chi connectivity index (χ4n) is 2.78. The molecule has 0 radical (unpaired) electrons. The largest absolute Gasteiger partial charge is 0.493 e. The van der Waals surface area contributed by atoms with Crippen molar-refractivity contribution in [2.24, 2.45) is 7.05 Å². The molecule has 0 aliphatic carbocycles. The number of aromatic nitrogens is 2. The van der Waals surface area contributed by atoms with Gasteiger partial charge in [0.15, 0.2) is 5.75 Å². The van der Waals surface area contributed by atoms with Gasteiger partial charge in [0.2, 0.25) is 5.88 Å². The number of benzene rings is 2. The molecular weight excluding hydrogens is 446 g/mol. The Hall–Kier alpha value is -2.91. The molecule has 0 atom stereocenters. The fourth-order valence-corrected chi connectivity index (χ4v) is 3.35. The van der Waals surface area contributed by atoms with Gasteiger partial charge < -0.3 is 14.8 Å². The number of amides is 1. The SMILES string of the molecule is COc1c(Cl)cc(F)c(-c2nn(C)c(OC(F)F)c2Cl)c1NC(=O)c1ccccc1. The van der Waals surface area contributed by atoms with E-state index >= 15 is 0 Å². The second-order valence-corrected chi connectivity index (χ2v) is 6.70. The number of methoxy groups -OCH3 is 1. The van der Waals surface area contributed by atoms with Crippen LogP contribution in [0.15, 0.2) is 36.4 Å². The summed E-state index contributed by atoms with van der Waals surface area (Å²) in [5, 5.41) is 6.01. The number of carbonyl (C=O) groups is 1. The van der Waals surface area contributed by atoms with E-state index in [-0.39, 0.29) is 38.3 Å². The number of hydrogen-bond acceptors (Lipinski definition) is 4. The molecule has 3 rings (SSSR count). The van der Waals surface area contributed by atoms with Crippen LogP contribution in [-0.2, 0) is 7.05 Å². The van der Waals surface area contributed by atoms with Crippen molar-refractivity contribution in [3.05, 3.63) is 57.8 Å². The van der Waals surface area contributed by atoms with Crippen LogP contribution in [0.1, 0.15) is 10.4 Å². The van der Waals surface area contributed by atoms with E-state index in [0.717, 1.165) is 10.7 Å². The summed E-state index contributed by atoms with van der Waals surface area (Å²) in [4.78, 5) is 12.7. The van der Waals surface area contributed by atoms with Gasteiger partial charge in [-0.25, -0.2) is 9.07 Å². The van der Waals surface area contributed by atoms with Crippen molar-refractivity contribution in [2.75, 3.05) is 12.4 Å². The van der Waals surface area contributed by atoms with Crippen LogP contribution in [0.2, 0.25) is 10.0 Å². The van der Waals surface area contributed by atoms with Crippen molar-refractivity contribution >= 4 is 34.8 Å². The van der Waals surface area contributed by atoms with Gasteiger partial charge in [-0.3, -0.25) is 4.79 Å². The molecule has 1 N–H and O–H groups in total. The Labute approximate surface area is 179 Å². The van der Waals surface area contributed by atoms with Gasteiger partial charge in [0, 0.05) is 12.6 Å². The number of alkyl halides is 2. The Morgan fingerprint density at radius 3 is 2.50 bits per heavy atom. The van der Waals surface area contributed by atoms with Gasteiger partial charge in [-0.2, -0.15) is 13.9 Å². The molecule has 1 aromatic heterocycles. The fraction of sp³-hybridized carbons (Fsp3) is 0.158. The number of hydrogen-bond donors (Lipinski definition) is 1. The molecule has 0 saturated heterocycles. The lowest BCUT2D eigenvalue weighted by atomic mass is 10.1. The minimum atomic E-state index is -3.17. The van der Waals surface area contributed by atoms with Crippen LogP contribution in [0.5, 0.6) is 11.6 Å². The molecule has 11 heteroatoms. The first-order chi connectivity index (χ1) is 14.2. The minimum absolute atomic E-state index is 0.0598. The van der Waals surface area contributed by atoms with Crippen LogP contribution in [0.4, 0.5) is 18.9 Å². The molecule has 6 nitrogen and oxygen atoms in total. The molecule has 0 bridgehead atoms. The Morgan fingerprint density at radius 2 is 1.90 bits per heavy atom. The van der Waals surface area contributed by atoms with Crippen LogP contribution in [0.3, 0.4) is 0 Å². The third-order valence-corrected chi connectivity index (χ3v) is 4.66. The van der Waals surface area contributed by atoms with E-state index in [0.29, 0.717) is 0 Å². The highest BCUT2D eigenvalue weighted by atomic mass is 35.5. The van der Waals surface area contributed by atoms with E-state index in [2.05, 4.69) is 15.2 Å². The van der Waals surface area contributed by atoms with Gasteiger partial charge in [-0.15, -0.1) is 0 Å². The summed E-state index contributed by atoms with van der Waals surface area (Å²) < 4.78 is 50.9. The standard InChI is InChI=1S/C19H14Cl2F3N3O3/c1-27-18(30-19(23)24)13(21)14(26-27)12-11(22)8-10(20)16(29-2)15(12)25-17(28)9-6-4-3-5-7-9/h3-8,19H,1-2H3,(H,25,28). The molecular formula is C19H14Cl2F3N3O3. The average Bonchev–Trinajstić information content (AvgIpc) is 2.96. The Kier molecular flexibility index (Phi) is 6.42. The maximum absolute atomic E-state index is 15.0. The van der Waals surface area contributed by atoms with E-state index in [1.54, 1.807) is 30.3 Å². The van der Waals surface area contributed by atoms with Crippen LogP contribution in [0.25, 0.3) is 11.3 Å². The van der Waals surface area contributed by atoms with Gasteiger partial charge in [-0.1, -0.05) is 41.4 Å². The summed E-state index contributed by atoms with van der Waals surface area (Å²) in [7, 11) is 2.56. The number of halogens is 5. The molecule has 0 unspecified atom stereocenters. The van der Waals surface area contributed by atoms with E-state index in [1.165, 1.54) is 14.2 Å². The lowest BCUT2D eigenvalue weighted by Gasteiger charge is -2.16. The van der Waals surface area contributed by atoms with Crippen molar-refractivity contribution in [3.63, 3.8) is 0 Å². The van der Waals surface area contributed by atoms with Crippen molar-refractivity contribution in [2.45, 2.75) is 6.61 Å². The number of carbonyl (C=O) groups excluding carboxylic acids is 1. The van der Waals surface area contributed by atoms with Gasteiger partial charge >= 0.3 is 6.61 Å². The number of nitrogens with one attached hydrogen (secondary N) is 1. The molecule has 0 saturated carbocycles. The molecule has 0 aliphatic rings. The van der Waals surface area contributed by atoms with Gasteiger partial charge in [0.05, 0.1) is 23.4 Å². The Bertz CT molecular complexity index is 1090. The Morgan fingerprint density at radius 1 is 1.23 bits per heavy atom. The molecule has 3 aromatic rings. The maximum atomic E-state index is 15.0. The normalized spacial score (nSPS) is 10.9. The van der Waals surface area contributed by atoms with Crippen molar-refractivity contribution in [1.29, 1.82) is 0 Å². The van der Waals surface area contributed by atoms with E-state index in [1.807, 2.05) is 0 Å². The molecule has 158 valence electrons. The molecule has 30 heavy (non-hydrogen) atoms. The monoisotopic (exact) mass is 459 g/mol. The molecule has 0 fully saturated rings. The summed E-state index contributed by atoms with van der Waals surface area (Å²) in [6, 6.07) is 9.05. The summed E-state index contributed by atoms with van der Waals surface area (Å²) in [6.45, 7) is -3.17. The highest BCUT2D eigenvalue weighted by molar-refractivity contribution is 6.35. The van der Waals surface area contributed by atoms with Gasteiger partial charge in [0.1, 0.15) is 16.5 Å². The van der Waals surface area contributed by atoms with Crippen LogP contribution >= 0.6 is 23.2 Å². The van der Waals surface area contributed by atoms with Crippen molar-refractivity contribution < 1.29 is 27.4 Å². The third-order valence-electron chi connectivity index (χ3n) is 4.04. The van der Waals surface area contributed by atoms with Crippen molar-refractivity contribution in [1.82, 2.24) is 9.78 Å². The van der Waals surface area contributed by atoms with Gasteiger partial charge in [0.25, 0.3) is 5.91 Å². The molecule has 1 heterocycles. The van der Waals surface area contributed by atoms with Crippen LogP contribution in [0, 0.1) is 5.82 Å². The second kappa shape index (κ2) is 8.85. The zero-order chi connectivity index (χ0) is 22.0. The first-order valence-electron chi connectivity index (χ1n) is 8.34. The lowest BCUT2D eigenvalue weighted by Crippen LogP contribution is -2.14. The van der Waals surface area contributed by atoms with Crippen molar-refractivity contribution in [3.8, 4) is 22.9 Å². The van der Waals surface area contributed by atoms with Crippen LogP contribution < -0.4 is 14.8 Å². The first kappa shape index (κ1) is 21.8. The minimum Gasteiger partial charge on any atom is -0.493 e. The predicted molar refractivity (Wildman–Crippen MR) is 106 cm³/mol. The zero-order valence-electron chi connectivity index (χ0n) is 15.6. The summed E-state index contributed by atoms with van der Waals surface area (Å²) in [5.74, 6) is -2.04. The summed E-state index contributed by atoms with van der Waals surface area (Å²) >= 11 is 12.2. The van der Waals surface area contributed by atoms with Gasteiger partial charge in [-0.05, 0) is 18.2 Å². The highest BCUT2D eigenvalue weighted by Crippen LogP contribution is 2.46. The number of rotatable bonds is 6. The second-order valence-electron chi connectivity index (χ2n) is 5.91. The zero-order valence-corrected chi connectivity index (χ0v) is 17.1. The number of aryl methyl sites for hydroxylation is 1. The number of nitrogens with zero attached hydrogens (tertiary/aromatic N) is 2. The lowest BCUT2D eigenvalue weighted by molar-refractivity contribution is -0.0552. The third kappa shape index (κ3) is 4.17. The predicted octanol–water partition coefficient (Wildman–Crippen LogP) is 5.40. The molecule has 1 amide bonds. The quantitative estimate of drug-likeness (QED) is 0.536. The molecule has 0 spiro atoms. The highest BCUT2D eigenvalue weighted by Gasteiger charge is 2.28. The smallest absolute Gasteiger partial charge is 0.388 e. The Balaban J connectivity index is 2.19. The van der Waals surface area contributed by atoms with Crippen LogP contribution in [-0.4, -0.2) is 29.4 Å². The summed E-state index contributed by atoms with van der Waals surface area (Å²) in [5.41, 5.74) is -0.435. The number of ether oxygens (including phenoxy) is 2. The topological polar surface area (TPSA) is 65.4 Å². The van der Waals surface area contributed by atoms with E-state index in [9.17, 15) is 18.0 Å². The summed E-state index contributed by atoms with van der Waals surface area (Å²) in [6.07, 6.45) is 0. The van der Waals surface area contributed by atoms with E-state index in [4.69, 9.17) is 27.9 Å². The molecule has 2 aromatic carbocycles. The first-order valence-corrected chi connectivity index (χ1v) is 9.10. The molecule has 0 aliphatic heterocycles. The average molecular weight is 460 g/mol. The maximum Gasteiger partial charge on any atom is 0.388 e.